The van der Waals surface area contributed by atoms with E-state index >= 15 is 0 Å². The normalized spacial score (nSPS) is 36.1. The molecule has 0 unspecified atom stereocenters. The number of aliphatic hydroxyl groups is 1. The molecule has 1 aromatic rings. The second-order valence-electron chi connectivity index (χ2n) is 6.71. The predicted molar refractivity (Wildman–Crippen MR) is 80.0 cm³/mol. The predicted octanol–water partition coefficient (Wildman–Crippen LogP) is 3.16. The van der Waals surface area contributed by atoms with Crippen molar-refractivity contribution in [2.45, 2.75) is 51.0 Å². The first-order chi connectivity index (χ1) is 9.99. The molecule has 3 heteroatoms. The van der Waals surface area contributed by atoms with Gasteiger partial charge in [0.25, 0.3) is 0 Å². The minimum absolute atomic E-state index is 0.0151. The highest BCUT2D eigenvalue weighted by Gasteiger charge is 2.60. The van der Waals surface area contributed by atoms with Crippen LogP contribution < -0.4 is 0 Å². The maximum Gasteiger partial charge on any atom is 0.168 e. The fourth-order valence-electron chi connectivity index (χ4n) is 4.28. The van der Waals surface area contributed by atoms with Gasteiger partial charge in [-0.1, -0.05) is 36.8 Å². The number of hydrogen-bond donors (Lipinski definition) is 1. The van der Waals surface area contributed by atoms with Gasteiger partial charge in [0.1, 0.15) is 5.78 Å². The monoisotopic (exact) mass is 286 g/mol. The zero-order valence-corrected chi connectivity index (χ0v) is 12.5. The SMILES string of the molecule is C[C@]12CCC[C@H](C(=O)c3ccccc3)[C@@]1(O)CCCC2=O. The van der Waals surface area contributed by atoms with Gasteiger partial charge >= 0.3 is 0 Å². The fraction of sp³-hybridized carbons (Fsp3) is 0.556. The summed E-state index contributed by atoms with van der Waals surface area (Å²) in [4.78, 5) is 25.2. The second-order valence-corrected chi connectivity index (χ2v) is 6.71. The summed E-state index contributed by atoms with van der Waals surface area (Å²) in [5.74, 6) is -0.344. The van der Waals surface area contributed by atoms with E-state index in [-0.39, 0.29) is 11.6 Å². The van der Waals surface area contributed by atoms with Gasteiger partial charge in [0.05, 0.1) is 16.9 Å². The zero-order chi connectivity index (χ0) is 15.1. The Balaban J connectivity index is 1.99. The first-order valence-corrected chi connectivity index (χ1v) is 7.84. The summed E-state index contributed by atoms with van der Waals surface area (Å²) >= 11 is 0. The Labute approximate surface area is 125 Å². The molecule has 2 saturated carbocycles. The number of Topliss-reactive ketones (excluding diaryl/α,β-unsaturated/α-hetero) is 2. The van der Waals surface area contributed by atoms with Crippen molar-refractivity contribution in [2.75, 3.05) is 0 Å². The first-order valence-electron chi connectivity index (χ1n) is 7.84. The number of carbonyl (C=O) groups is 2. The molecule has 3 nitrogen and oxygen atoms in total. The molecule has 3 atom stereocenters. The Morgan fingerprint density at radius 3 is 2.62 bits per heavy atom. The Morgan fingerprint density at radius 1 is 1.19 bits per heavy atom. The molecule has 0 radical (unpaired) electrons. The van der Waals surface area contributed by atoms with E-state index in [0.717, 1.165) is 6.42 Å². The summed E-state index contributed by atoms with van der Waals surface area (Å²) in [7, 11) is 0. The summed E-state index contributed by atoms with van der Waals surface area (Å²) in [5, 5.41) is 11.3. The van der Waals surface area contributed by atoms with Crippen LogP contribution in [0.3, 0.4) is 0 Å². The van der Waals surface area contributed by atoms with Gasteiger partial charge in [-0.15, -0.1) is 0 Å². The fourth-order valence-corrected chi connectivity index (χ4v) is 4.28. The molecule has 21 heavy (non-hydrogen) atoms. The lowest BCUT2D eigenvalue weighted by atomic mass is 9.52. The van der Waals surface area contributed by atoms with E-state index in [0.29, 0.717) is 37.7 Å². The van der Waals surface area contributed by atoms with Gasteiger partial charge in [-0.25, -0.2) is 0 Å². The molecule has 1 N–H and O–H groups in total. The minimum Gasteiger partial charge on any atom is -0.388 e. The number of carbonyl (C=O) groups excluding carboxylic acids is 2. The molecule has 0 heterocycles. The van der Waals surface area contributed by atoms with Crippen LogP contribution in [0.1, 0.15) is 55.8 Å². The van der Waals surface area contributed by atoms with Crippen molar-refractivity contribution in [2.24, 2.45) is 11.3 Å². The average molecular weight is 286 g/mol. The molecule has 2 fully saturated rings. The van der Waals surface area contributed by atoms with Gasteiger partial charge in [0, 0.05) is 12.0 Å². The number of fused-ring (bicyclic) bond motifs is 1. The molecular formula is C18H22O3. The Morgan fingerprint density at radius 2 is 1.90 bits per heavy atom. The van der Waals surface area contributed by atoms with Crippen LogP contribution in [0.5, 0.6) is 0 Å². The number of ketones is 2. The van der Waals surface area contributed by atoms with Crippen LogP contribution in [0, 0.1) is 11.3 Å². The van der Waals surface area contributed by atoms with Gasteiger partial charge < -0.3 is 5.11 Å². The van der Waals surface area contributed by atoms with Gasteiger partial charge in [-0.3, -0.25) is 9.59 Å². The molecule has 1 aromatic carbocycles. The second kappa shape index (κ2) is 5.06. The molecule has 0 aromatic heterocycles. The third kappa shape index (κ3) is 2.06. The van der Waals surface area contributed by atoms with Crippen LogP contribution >= 0.6 is 0 Å². The Bertz CT molecular complexity index is 565. The van der Waals surface area contributed by atoms with E-state index in [1.54, 1.807) is 12.1 Å². The number of rotatable bonds is 2. The maximum absolute atomic E-state index is 12.8. The highest BCUT2D eigenvalue weighted by atomic mass is 16.3. The van der Waals surface area contributed by atoms with Crippen molar-refractivity contribution in [1.29, 1.82) is 0 Å². The summed E-state index contributed by atoms with van der Waals surface area (Å²) in [6, 6.07) is 9.14. The van der Waals surface area contributed by atoms with Crippen LogP contribution in [-0.2, 0) is 4.79 Å². The van der Waals surface area contributed by atoms with Crippen molar-refractivity contribution < 1.29 is 14.7 Å². The van der Waals surface area contributed by atoms with E-state index in [4.69, 9.17) is 0 Å². The third-order valence-electron chi connectivity index (χ3n) is 5.65. The highest BCUT2D eigenvalue weighted by molar-refractivity contribution is 6.00. The Hall–Kier alpha value is -1.48. The van der Waals surface area contributed by atoms with Crippen molar-refractivity contribution in [1.82, 2.24) is 0 Å². The molecule has 0 aliphatic heterocycles. The molecule has 0 amide bonds. The highest BCUT2D eigenvalue weighted by Crippen LogP contribution is 2.54. The van der Waals surface area contributed by atoms with Gasteiger partial charge in [0.15, 0.2) is 5.78 Å². The molecule has 112 valence electrons. The number of hydrogen-bond acceptors (Lipinski definition) is 3. The van der Waals surface area contributed by atoms with Gasteiger partial charge in [-0.05, 0) is 32.6 Å². The smallest absolute Gasteiger partial charge is 0.168 e. The summed E-state index contributed by atoms with van der Waals surface area (Å²) in [5.41, 5.74) is -1.29. The maximum atomic E-state index is 12.8. The van der Waals surface area contributed by atoms with Crippen molar-refractivity contribution in [3.8, 4) is 0 Å². The molecule has 2 aliphatic carbocycles. The zero-order valence-electron chi connectivity index (χ0n) is 12.5. The van der Waals surface area contributed by atoms with Crippen molar-refractivity contribution in [3.05, 3.63) is 35.9 Å². The van der Waals surface area contributed by atoms with Crippen LogP contribution in [-0.4, -0.2) is 22.3 Å². The topological polar surface area (TPSA) is 54.4 Å². The van der Waals surface area contributed by atoms with Crippen molar-refractivity contribution >= 4 is 11.6 Å². The summed E-state index contributed by atoms with van der Waals surface area (Å²) in [6.45, 7) is 1.86. The first kappa shape index (κ1) is 14.5. The molecular weight excluding hydrogens is 264 g/mol. The minimum atomic E-state index is -1.17. The van der Waals surface area contributed by atoms with Crippen LogP contribution in [0.2, 0.25) is 0 Å². The van der Waals surface area contributed by atoms with Crippen LogP contribution in [0.25, 0.3) is 0 Å². The lowest BCUT2D eigenvalue weighted by Crippen LogP contribution is -2.62. The lowest BCUT2D eigenvalue weighted by molar-refractivity contribution is -0.173. The standard InChI is InChI=1S/C18H22O3/c1-17-11-5-9-14(16(20)13-7-3-2-4-8-13)18(17,21)12-6-10-15(17)19/h2-4,7-8,14,21H,5-6,9-12H2,1H3/t14-,17-,18+/m1/s1. The molecule has 2 aliphatic rings. The van der Waals surface area contributed by atoms with Gasteiger partial charge in [-0.2, -0.15) is 0 Å². The van der Waals surface area contributed by atoms with Crippen LogP contribution in [0.15, 0.2) is 30.3 Å². The van der Waals surface area contributed by atoms with E-state index in [1.165, 1.54) is 0 Å². The summed E-state index contributed by atoms with van der Waals surface area (Å²) < 4.78 is 0. The Kier molecular flexibility index (Phi) is 3.48. The molecule has 3 rings (SSSR count). The summed E-state index contributed by atoms with van der Waals surface area (Å²) in [6.07, 6.45) is 3.97. The third-order valence-corrected chi connectivity index (χ3v) is 5.65. The largest absolute Gasteiger partial charge is 0.388 e. The average Bonchev–Trinajstić information content (AvgIpc) is 2.49. The van der Waals surface area contributed by atoms with E-state index < -0.39 is 16.9 Å². The van der Waals surface area contributed by atoms with E-state index in [1.807, 2.05) is 25.1 Å². The lowest BCUT2D eigenvalue weighted by Gasteiger charge is -2.54. The van der Waals surface area contributed by atoms with E-state index in [2.05, 4.69) is 0 Å². The molecule has 0 bridgehead atoms. The molecule has 0 saturated heterocycles. The van der Waals surface area contributed by atoms with Crippen molar-refractivity contribution in [3.63, 3.8) is 0 Å². The van der Waals surface area contributed by atoms with E-state index in [9.17, 15) is 14.7 Å². The quantitative estimate of drug-likeness (QED) is 0.850. The van der Waals surface area contributed by atoms with Crippen LogP contribution in [0.4, 0.5) is 0 Å². The molecule has 0 spiro atoms. The van der Waals surface area contributed by atoms with Gasteiger partial charge in [0.2, 0.25) is 0 Å². The number of benzene rings is 1.